The number of benzene rings is 2. The molecule has 0 radical (unpaired) electrons. The Hall–Kier alpha value is -3.47. The van der Waals surface area contributed by atoms with E-state index in [-0.39, 0.29) is 11.7 Å². The van der Waals surface area contributed by atoms with Crippen LogP contribution in [-0.4, -0.2) is 16.7 Å². The van der Waals surface area contributed by atoms with E-state index in [0.717, 1.165) is 0 Å². The van der Waals surface area contributed by atoms with Gasteiger partial charge in [0.25, 0.3) is 0 Å². The number of aromatic nitrogens is 1. The second kappa shape index (κ2) is 8.07. The lowest BCUT2D eigenvalue weighted by Gasteiger charge is -2.24. The van der Waals surface area contributed by atoms with Crippen LogP contribution in [-0.2, 0) is 4.79 Å². The van der Waals surface area contributed by atoms with Gasteiger partial charge in [-0.25, -0.2) is 9.99 Å². The first kappa shape index (κ1) is 17.4. The van der Waals surface area contributed by atoms with Crippen molar-refractivity contribution in [3.8, 4) is 0 Å². The number of hydrazine groups is 1. The van der Waals surface area contributed by atoms with Gasteiger partial charge in [-0.2, -0.15) is 0 Å². The minimum absolute atomic E-state index is 0.0887. The molecule has 0 fully saturated rings. The summed E-state index contributed by atoms with van der Waals surface area (Å²) in [5, 5.41) is 1.42. The molecule has 1 N–H and O–H groups in total. The van der Waals surface area contributed by atoms with Gasteiger partial charge in [-0.1, -0.05) is 55.5 Å². The minimum Gasteiger partial charge on any atom is -0.289 e. The van der Waals surface area contributed by atoms with Gasteiger partial charge in [0.1, 0.15) is 5.82 Å². The Morgan fingerprint density at radius 2 is 1.65 bits per heavy atom. The standard InChI is InChI=1S/C21H19N3O2/c1-2-20(25)24(23-19-13-6-7-14-22-19)18-12-8-11-17(15-18)21(26)16-9-4-3-5-10-16/h3-15H,2H2,1H3,(H,22,23). The summed E-state index contributed by atoms with van der Waals surface area (Å²) >= 11 is 0. The fraction of sp³-hybridized carbons (Fsp3) is 0.0952. The third-order valence-corrected chi connectivity index (χ3v) is 3.85. The summed E-state index contributed by atoms with van der Waals surface area (Å²) in [7, 11) is 0. The Morgan fingerprint density at radius 3 is 2.35 bits per heavy atom. The van der Waals surface area contributed by atoms with E-state index in [0.29, 0.717) is 29.1 Å². The highest BCUT2D eigenvalue weighted by Crippen LogP contribution is 2.20. The van der Waals surface area contributed by atoms with E-state index in [9.17, 15) is 9.59 Å². The molecule has 1 aromatic heterocycles. The number of carbonyl (C=O) groups excluding carboxylic acids is 2. The van der Waals surface area contributed by atoms with Crippen molar-refractivity contribution in [1.29, 1.82) is 0 Å². The van der Waals surface area contributed by atoms with Crippen molar-refractivity contribution in [2.45, 2.75) is 13.3 Å². The zero-order chi connectivity index (χ0) is 18.4. The lowest BCUT2D eigenvalue weighted by molar-refractivity contribution is -0.118. The van der Waals surface area contributed by atoms with E-state index >= 15 is 0 Å². The van der Waals surface area contributed by atoms with Crippen LogP contribution in [0.5, 0.6) is 0 Å². The summed E-state index contributed by atoms with van der Waals surface area (Å²) in [6, 6.07) is 21.5. The first-order valence-corrected chi connectivity index (χ1v) is 8.39. The first-order chi connectivity index (χ1) is 12.7. The molecule has 5 heteroatoms. The van der Waals surface area contributed by atoms with Crippen molar-refractivity contribution in [3.63, 3.8) is 0 Å². The molecule has 0 atom stereocenters. The number of hydrogen-bond acceptors (Lipinski definition) is 4. The number of pyridine rings is 1. The maximum Gasteiger partial charge on any atom is 0.245 e. The van der Waals surface area contributed by atoms with E-state index < -0.39 is 0 Å². The molecule has 1 amide bonds. The van der Waals surface area contributed by atoms with Crippen LogP contribution in [0.4, 0.5) is 11.5 Å². The summed E-state index contributed by atoms with van der Waals surface area (Å²) < 4.78 is 0. The summed E-state index contributed by atoms with van der Waals surface area (Å²) in [4.78, 5) is 29.3. The summed E-state index contributed by atoms with van der Waals surface area (Å²) in [6.07, 6.45) is 1.96. The van der Waals surface area contributed by atoms with Gasteiger partial charge in [-0.15, -0.1) is 0 Å². The second-order valence-corrected chi connectivity index (χ2v) is 5.65. The van der Waals surface area contributed by atoms with E-state index in [1.165, 1.54) is 5.01 Å². The van der Waals surface area contributed by atoms with Crippen molar-refractivity contribution >= 4 is 23.2 Å². The Balaban J connectivity index is 1.92. The van der Waals surface area contributed by atoms with Crippen molar-refractivity contribution in [2.24, 2.45) is 0 Å². The van der Waals surface area contributed by atoms with Gasteiger partial charge in [0, 0.05) is 23.7 Å². The lowest BCUT2D eigenvalue weighted by Crippen LogP contribution is -2.36. The van der Waals surface area contributed by atoms with E-state index in [4.69, 9.17) is 0 Å². The number of amides is 1. The van der Waals surface area contributed by atoms with Crippen LogP contribution in [0.25, 0.3) is 0 Å². The molecule has 0 aliphatic carbocycles. The molecule has 3 aromatic rings. The fourth-order valence-electron chi connectivity index (χ4n) is 2.51. The molecule has 1 heterocycles. The van der Waals surface area contributed by atoms with Gasteiger partial charge in [-0.3, -0.25) is 15.0 Å². The maximum atomic E-state index is 12.7. The predicted octanol–water partition coefficient (Wildman–Crippen LogP) is 4.08. The largest absolute Gasteiger partial charge is 0.289 e. The first-order valence-electron chi connectivity index (χ1n) is 8.39. The van der Waals surface area contributed by atoms with E-state index in [1.54, 1.807) is 61.7 Å². The van der Waals surface area contributed by atoms with Gasteiger partial charge in [0.15, 0.2) is 5.78 Å². The molecule has 5 nitrogen and oxygen atoms in total. The number of hydrogen-bond donors (Lipinski definition) is 1. The molecule has 0 saturated heterocycles. The van der Waals surface area contributed by atoms with Crippen molar-refractivity contribution in [1.82, 2.24) is 4.98 Å². The number of nitrogens with zero attached hydrogens (tertiary/aromatic N) is 2. The number of carbonyl (C=O) groups is 2. The molecule has 2 aromatic carbocycles. The molecule has 3 rings (SSSR count). The van der Waals surface area contributed by atoms with Crippen LogP contribution in [0.3, 0.4) is 0 Å². The third-order valence-electron chi connectivity index (χ3n) is 3.85. The zero-order valence-electron chi connectivity index (χ0n) is 14.4. The van der Waals surface area contributed by atoms with Crippen LogP contribution in [0.15, 0.2) is 79.0 Å². The normalized spacial score (nSPS) is 10.2. The molecule has 0 aliphatic rings. The summed E-state index contributed by atoms with van der Waals surface area (Å²) in [5.74, 6) is 0.336. The monoisotopic (exact) mass is 345 g/mol. The number of rotatable bonds is 6. The van der Waals surface area contributed by atoms with Crippen molar-refractivity contribution in [3.05, 3.63) is 90.1 Å². The average Bonchev–Trinajstić information content (AvgIpc) is 2.72. The highest BCUT2D eigenvalue weighted by atomic mass is 16.2. The molecule has 0 spiro atoms. The minimum atomic E-state index is -0.125. The van der Waals surface area contributed by atoms with Gasteiger partial charge in [-0.05, 0) is 24.3 Å². The van der Waals surface area contributed by atoms with Gasteiger partial charge < -0.3 is 0 Å². The van der Waals surface area contributed by atoms with Crippen LogP contribution in [0, 0.1) is 0 Å². The topological polar surface area (TPSA) is 62.3 Å². The average molecular weight is 345 g/mol. The second-order valence-electron chi connectivity index (χ2n) is 5.65. The van der Waals surface area contributed by atoms with Crippen LogP contribution < -0.4 is 10.4 Å². The van der Waals surface area contributed by atoms with Gasteiger partial charge >= 0.3 is 0 Å². The van der Waals surface area contributed by atoms with Crippen LogP contribution >= 0.6 is 0 Å². The number of nitrogens with one attached hydrogen (secondary N) is 1. The van der Waals surface area contributed by atoms with Crippen molar-refractivity contribution < 1.29 is 9.59 Å². The Bertz CT molecular complexity index is 895. The molecular formula is C21H19N3O2. The van der Waals surface area contributed by atoms with Gasteiger partial charge in [0.2, 0.25) is 5.91 Å². The molecule has 0 bridgehead atoms. The summed E-state index contributed by atoms with van der Waals surface area (Å²) in [5.41, 5.74) is 4.73. The highest BCUT2D eigenvalue weighted by Gasteiger charge is 2.17. The Kier molecular flexibility index (Phi) is 5.39. The molecular weight excluding hydrogens is 326 g/mol. The Morgan fingerprint density at radius 1 is 0.923 bits per heavy atom. The number of ketones is 1. The molecule has 26 heavy (non-hydrogen) atoms. The quantitative estimate of drug-likeness (QED) is 0.540. The Labute approximate surface area is 152 Å². The van der Waals surface area contributed by atoms with Gasteiger partial charge in [0.05, 0.1) is 5.69 Å². The predicted molar refractivity (Wildman–Crippen MR) is 102 cm³/mol. The van der Waals surface area contributed by atoms with Crippen LogP contribution in [0.1, 0.15) is 29.3 Å². The zero-order valence-corrected chi connectivity index (χ0v) is 14.4. The van der Waals surface area contributed by atoms with Crippen molar-refractivity contribution in [2.75, 3.05) is 10.4 Å². The SMILES string of the molecule is CCC(=O)N(Nc1ccccn1)c1cccc(C(=O)c2ccccc2)c1. The summed E-state index contributed by atoms with van der Waals surface area (Å²) in [6.45, 7) is 1.79. The molecule has 0 unspecified atom stereocenters. The van der Waals surface area contributed by atoms with E-state index in [1.807, 2.05) is 24.3 Å². The van der Waals surface area contributed by atoms with E-state index in [2.05, 4.69) is 10.4 Å². The molecule has 0 saturated carbocycles. The fourth-order valence-corrected chi connectivity index (χ4v) is 2.51. The molecule has 0 aliphatic heterocycles. The lowest BCUT2D eigenvalue weighted by atomic mass is 10.0. The third kappa shape index (κ3) is 3.95. The smallest absolute Gasteiger partial charge is 0.245 e. The highest BCUT2D eigenvalue weighted by molar-refractivity contribution is 6.09. The van der Waals surface area contributed by atoms with Crippen LogP contribution in [0.2, 0.25) is 0 Å². The molecule has 130 valence electrons. The maximum absolute atomic E-state index is 12.7. The number of anilines is 2.